The number of aromatic nitrogens is 1. The lowest BCUT2D eigenvalue weighted by Crippen LogP contribution is -2.16. The minimum absolute atomic E-state index is 0.0157. The van der Waals surface area contributed by atoms with Crippen molar-refractivity contribution >= 4 is 65.0 Å². The summed E-state index contributed by atoms with van der Waals surface area (Å²) in [6.45, 7) is 0. The van der Waals surface area contributed by atoms with Gasteiger partial charge in [-0.3, -0.25) is 4.72 Å². The summed E-state index contributed by atoms with van der Waals surface area (Å²) in [7, 11) is -4.21. The Morgan fingerprint density at radius 2 is 2.00 bits per heavy atom. The van der Waals surface area contributed by atoms with Crippen molar-refractivity contribution in [1.29, 1.82) is 0 Å². The molecule has 0 aliphatic carbocycles. The van der Waals surface area contributed by atoms with Crippen molar-refractivity contribution in [1.82, 2.24) is 4.98 Å². The molecule has 0 bridgehead atoms. The van der Waals surface area contributed by atoms with E-state index in [9.17, 15) is 12.8 Å². The molecule has 0 saturated carbocycles. The molecule has 1 aromatic carbocycles. The average molecular weight is 460 g/mol. The maximum absolute atomic E-state index is 14.0. The van der Waals surface area contributed by atoms with Crippen molar-refractivity contribution in [2.24, 2.45) is 0 Å². The summed E-state index contributed by atoms with van der Waals surface area (Å²) in [5, 5.41) is -0.0157. The summed E-state index contributed by atoms with van der Waals surface area (Å²) in [5.74, 6) is -1.05. The summed E-state index contributed by atoms with van der Waals surface area (Å²) in [4.78, 5) is 3.19. The molecule has 0 unspecified atom stereocenters. The third kappa shape index (κ3) is 3.47. The Hall–Kier alpha value is -0.900. The van der Waals surface area contributed by atoms with Crippen LogP contribution in [0.4, 0.5) is 15.9 Å². The Bertz CT molecular complexity index is 800. The van der Waals surface area contributed by atoms with Crippen molar-refractivity contribution < 1.29 is 12.8 Å². The van der Waals surface area contributed by atoms with E-state index in [1.54, 1.807) is 6.07 Å². The number of halogens is 4. The van der Waals surface area contributed by atoms with Gasteiger partial charge in [0.2, 0.25) is 0 Å². The van der Waals surface area contributed by atoms with Crippen LogP contribution in [-0.2, 0) is 10.0 Å². The Morgan fingerprint density at radius 1 is 1.33 bits per heavy atom. The summed E-state index contributed by atoms with van der Waals surface area (Å²) in [6.07, 6.45) is 1.40. The lowest BCUT2D eigenvalue weighted by atomic mass is 10.3. The van der Waals surface area contributed by atoms with Gasteiger partial charge in [0.1, 0.15) is 10.7 Å². The monoisotopic (exact) mass is 457 g/mol. The quantitative estimate of drug-likeness (QED) is 0.540. The number of nitrogen functional groups attached to an aromatic ring is 1. The molecule has 0 aliphatic heterocycles. The SMILES string of the molecule is Nc1c(F)c(S(=O)(=O)Nc2ccc(Br)cn2)cc(Cl)c1Br. The highest BCUT2D eigenvalue weighted by Crippen LogP contribution is 2.35. The zero-order valence-electron chi connectivity index (χ0n) is 10.1. The van der Waals surface area contributed by atoms with Crippen LogP contribution in [0.2, 0.25) is 5.02 Å². The molecule has 0 fully saturated rings. The molecule has 0 radical (unpaired) electrons. The molecule has 2 rings (SSSR count). The number of rotatable bonds is 3. The van der Waals surface area contributed by atoms with Crippen LogP contribution in [0.3, 0.4) is 0 Å². The molecule has 1 aromatic heterocycles. The van der Waals surface area contributed by atoms with Gasteiger partial charge < -0.3 is 5.73 Å². The number of pyridine rings is 1. The fraction of sp³-hybridized carbons (Fsp3) is 0. The van der Waals surface area contributed by atoms with Crippen LogP contribution in [0.1, 0.15) is 0 Å². The van der Waals surface area contributed by atoms with Crippen molar-refractivity contribution in [3.05, 3.63) is 44.2 Å². The second kappa shape index (κ2) is 6.07. The highest BCUT2D eigenvalue weighted by atomic mass is 79.9. The fourth-order valence-electron chi connectivity index (χ4n) is 1.42. The normalized spacial score (nSPS) is 11.4. The maximum atomic E-state index is 14.0. The number of hydrogen-bond acceptors (Lipinski definition) is 4. The highest BCUT2D eigenvalue weighted by Gasteiger charge is 2.24. The van der Waals surface area contributed by atoms with E-state index in [-0.39, 0.29) is 21.0 Å². The topological polar surface area (TPSA) is 85.1 Å². The van der Waals surface area contributed by atoms with Gasteiger partial charge >= 0.3 is 0 Å². The van der Waals surface area contributed by atoms with E-state index >= 15 is 0 Å². The number of benzene rings is 1. The summed E-state index contributed by atoms with van der Waals surface area (Å²) in [5.41, 5.74) is 5.09. The standard InChI is InChI=1S/C11H7Br2ClFN3O2S/c12-5-1-2-8(17-4-5)18-21(19,20)7-3-6(14)9(13)11(16)10(7)15/h1-4H,16H2,(H,17,18). The van der Waals surface area contributed by atoms with Gasteiger partial charge in [-0.1, -0.05) is 11.6 Å². The van der Waals surface area contributed by atoms with E-state index in [2.05, 4.69) is 41.6 Å². The second-order valence-corrected chi connectivity index (χ2v) is 7.63. The first kappa shape index (κ1) is 16.5. The van der Waals surface area contributed by atoms with Gasteiger partial charge in [-0.15, -0.1) is 0 Å². The summed E-state index contributed by atoms with van der Waals surface area (Å²) < 4.78 is 41.3. The van der Waals surface area contributed by atoms with Crippen molar-refractivity contribution in [3.8, 4) is 0 Å². The number of anilines is 2. The Balaban J connectivity index is 2.47. The first-order valence-electron chi connectivity index (χ1n) is 5.29. The molecule has 112 valence electrons. The van der Waals surface area contributed by atoms with Gasteiger partial charge in [-0.05, 0) is 50.1 Å². The predicted molar refractivity (Wildman–Crippen MR) is 86.3 cm³/mol. The molecule has 2 aromatic rings. The first-order chi connectivity index (χ1) is 9.72. The number of nitrogens with two attached hydrogens (primary N) is 1. The fourth-order valence-corrected chi connectivity index (χ4v) is 3.35. The number of nitrogens with one attached hydrogen (secondary N) is 1. The van der Waals surface area contributed by atoms with Gasteiger partial charge in [0.05, 0.1) is 15.2 Å². The molecule has 5 nitrogen and oxygen atoms in total. The number of nitrogens with zero attached hydrogens (tertiary/aromatic N) is 1. The molecule has 0 atom stereocenters. The summed E-state index contributed by atoms with van der Waals surface area (Å²) in [6, 6.07) is 3.98. The van der Waals surface area contributed by atoms with Gasteiger partial charge in [0.15, 0.2) is 5.82 Å². The first-order valence-corrected chi connectivity index (χ1v) is 8.74. The van der Waals surface area contributed by atoms with Crippen LogP contribution in [0.15, 0.2) is 38.2 Å². The largest absolute Gasteiger partial charge is 0.395 e. The predicted octanol–water partition coefficient (Wildman–Crippen LogP) is 3.78. The summed E-state index contributed by atoms with van der Waals surface area (Å²) >= 11 is 12.0. The molecule has 0 aliphatic rings. The van der Waals surface area contributed by atoms with Gasteiger partial charge in [-0.25, -0.2) is 17.8 Å². The van der Waals surface area contributed by atoms with Crippen LogP contribution < -0.4 is 10.5 Å². The van der Waals surface area contributed by atoms with Gasteiger partial charge in [-0.2, -0.15) is 0 Å². The molecule has 0 amide bonds. The van der Waals surface area contributed by atoms with E-state index in [0.29, 0.717) is 4.47 Å². The highest BCUT2D eigenvalue weighted by molar-refractivity contribution is 9.11. The van der Waals surface area contributed by atoms with E-state index in [0.717, 1.165) is 6.07 Å². The number of hydrogen-bond donors (Lipinski definition) is 2. The van der Waals surface area contributed by atoms with Crippen LogP contribution in [-0.4, -0.2) is 13.4 Å². The lowest BCUT2D eigenvalue weighted by Gasteiger charge is -2.11. The average Bonchev–Trinajstić information content (AvgIpc) is 2.42. The third-order valence-electron chi connectivity index (χ3n) is 2.41. The molecule has 21 heavy (non-hydrogen) atoms. The van der Waals surface area contributed by atoms with Gasteiger partial charge in [0, 0.05) is 10.7 Å². The van der Waals surface area contributed by atoms with Crippen molar-refractivity contribution in [2.45, 2.75) is 4.90 Å². The van der Waals surface area contributed by atoms with Crippen molar-refractivity contribution in [3.63, 3.8) is 0 Å². The lowest BCUT2D eigenvalue weighted by molar-refractivity contribution is 0.572. The van der Waals surface area contributed by atoms with Crippen LogP contribution in [0.5, 0.6) is 0 Å². The molecule has 1 heterocycles. The minimum atomic E-state index is -4.21. The second-order valence-electron chi connectivity index (χ2n) is 3.87. The molecule has 3 N–H and O–H groups in total. The Labute approximate surface area is 142 Å². The van der Waals surface area contributed by atoms with Crippen LogP contribution >= 0.6 is 43.5 Å². The molecule has 10 heteroatoms. The zero-order valence-corrected chi connectivity index (χ0v) is 14.8. The van der Waals surface area contributed by atoms with E-state index in [1.165, 1.54) is 12.3 Å². The maximum Gasteiger partial charge on any atom is 0.266 e. The van der Waals surface area contributed by atoms with E-state index in [4.69, 9.17) is 17.3 Å². The van der Waals surface area contributed by atoms with Gasteiger partial charge in [0.25, 0.3) is 10.0 Å². The minimum Gasteiger partial charge on any atom is -0.395 e. The van der Waals surface area contributed by atoms with Crippen LogP contribution in [0, 0.1) is 5.82 Å². The Kier molecular flexibility index (Phi) is 4.76. The Morgan fingerprint density at radius 3 is 2.57 bits per heavy atom. The number of sulfonamides is 1. The smallest absolute Gasteiger partial charge is 0.266 e. The van der Waals surface area contributed by atoms with Crippen LogP contribution in [0.25, 0.3) is 0 Å². The molecular weight excluding hydrogens is 452 g/mol. The van der Waals surface area contributed by atoms with Crippen molar-refractivity contribution in [2.75, 3.05) is 10.5 Å². The third-order valence-corrected chi connectivity index (χ3v) is 5.62. The molecular formula is C11H7Br2ClFN3O2S. The zero-order chi connectivity index (χ0) is 15.8. The molecule has 0 spiro atoms. The molecule has 0 saturated heterocycles. The van der Waals surface area contributed by atoms with E-state index in [1.807, 2.05) is 0 Å². The van der Waals surface area contributed by atoms with E-state index < -0.39 is 20.7 Å².